The maximum absolute atomic E-state index is 11.0. The maximum Gasteiger partial charge on any atom is 0.270 e. The zero-order valence-electron chi connectivity index (χ0n) is 3.37. The lowest BCUT2D eigenvalue weighted by atomic mass is 10.6. The van der Waals surface area contributed by atoms with Gasteiger partial charge in [0.1, 0.15) is 0 Å². The number of rotatable bonds is 1. The molecular weight excluding hydrogens is 166 g/mol. The first kappa shape index (κ1) is 6.82. The SMILES string of the molecule is FC(F)=CC=CBr. The summed E-state index contributed by atoms with van der Waals surface area (Å²) in [6, 6.07) is 0. The molecule has 0 unspecified atom stereocenters. The second kappa shape index (κ2) is 3.99. The Morgan fingerprint density at radius 2 is 2.00 bits per heavy atom. The van der Waals surface area contributed by atoms with Crippen molar-refractivity contribution >= 4 is 15.9 Å². The fourth-order valence-electron chi connectivity index (χ4n) is 0.109. The quantitative estimate of drug-likeness (QED) is 0.529. The lowest BCUT2D eigenvalue weighted by molar-refractivity contribution is 0.422. The van der Waals surface area contributed by atoms with Gasteiger partial charge < -0.3 is 0 Å². The molecule has 3 heteroatoms. The summed E-state index contributed by atoms with van der Waals surface area (Å²) in [5.74, 6) is 0. The lowest BCUT2D eigenvalue weighted by Crippen LogP contribution is -1.49. The summed E-state index contributed by atoms with van der Waals surface area (Å²) in [5.41, 5.74) is 0. The van der Waals surface area contributed by atoms with E-state index in [4.69, 9.17) is 0 Å². The standard InChI is InChI=1S/C4H3BrF2/c5-3-1-2-4(6)7/h1-3H. The van der Waals surface area contributed by atoms with Gasteiger partial charge in [0.05, 0.1) is 0 Å². The lowest BCUT2D eigenvalue weighted by Gasteiger charge is -1.68. The maximum atomic E-state index is 11.0. The average molecular weight is 169 g/mol. The van der Waals surface area contributed by atoms with Gasteiger partial charge >= 0.3 is 0 Å². The van der Waals surface area contributed by atoms with Gasteiger partial charge in [0.2, 0.25) is 0 Å². The van der Waals surface area contributed by atoms with E-state index in [1.54, 1.807) is 0 Å². The second-order valence-electron chi connectivity index (χ2n) is 0.775. The van der Waals surface area contributed by atoms with E-state index in [9.17, 15) is 8.78 Å². The molecule has 0 atom stereocenters. The summed E-state index contributed by atoms with van der Waals surface area (Å²) in [6.45, 7) is 0. The molecule has 7 heavy (non-hydrogen) atoms. The van der Waals surface area contributed by atoms with E-state index < -0.39 is 6.08 Å². The normalized spacial score (nSPS) is 9.57. The van der Waals surface area contributed by atoms with E-state index in [1.807, 2.05) is 0 Å². The molecule has 0 bridgehead atoms. The Morgan fingerprint density at radius 1 is 1.43 bits per heavy atom. The topological polar surface area (TPSA) is 0 Å². The molecular formula is C4H3BrF2. The Hall–Kier alpha value is -0.180. The molecule has 0 heterocycles. The Morgan fingerprint density at radius 3 is 2.14 bits per heavy atom. The molecule has 0 amide bonds. The first-order valence-electron chi connectivity index (χ1n) is 1.55. The third-order valence-corrected chi connectivity index (χ3v) is 0.600. The molecule has 0 N–H and O–H groups in total. The molecule has 0 aromatic heterocycles. The molecule has 40 valence electrons. The summed E-state index contributed by atoms with van der Waals surface area (Å²) in [7, 11) is 0. The van der Waals surface area contributed by atoms with Gasteiger partial charge in [-0.1, -0.05) is 15.9 Å². The fourth-order valence-corrected chi connectivity index (χ4v) is 0.262. The van der Waals surface area contributed by atoms with Crippen molar-refractivity contribution < 1.29 is 8.78 Å². The molecule has 0 aliphatic carbocycles. The number of hydrogen-bond acceptors (Lipinski definition) is 0. The summed E-state index contributed by atoms with van der Waals surface area (Å²) in [4.78, 5) is 1.35. The van der Waals surface area contributed by atoms with E-state index in [-0.39, 0.29) is 0 Å². The van der Waals surface area contributed by atoms with Gasteiger partial charge in [0.15, 0.2) is 0 Å². The minimum atomic E-state index is -1.68. The predicted molar refractivity (Wildman–Crippen MR) is 28.4 cm³/mol. The Bertz CT molecular complexity index is 91.9. The van der Waals surface area contributed by atoms with E-state index in [2.05, 4.69) is 15.9 Å². The van der Waals surface area contributed by atoms with Crippen molar-refractivity contribution in [3.8, 4) is 0 Å². The van der Waals surface area contributed by atoms with Crippen LogP contribution >= 0.6 is 15.9 Å². The Balaban J connectivity index is 3.46. The van der Waals surface area contributed by atoms with Crippen molar-refractivity contribution in [3.63, 3.8) is 0 Å². The largest absolute Gasteiger partial charge is 0.270 e. The third-order valence-electron chi connectivity index (χ3n) is 0.295. The van der Waals surface area contributed by atoms with E-state index >= 15 is 0 Å². The molecule has 0 spiro atoms. The van der Waals surface area contributed by atoms with Gasteiger partial charge in [0, 0.05) is 6.08 Å². The predicted octanol–water partition coefficient (Wildman–Crippen LogP) is 2.68. The van der Waals surface area contributed by atoms with Crippen LogP contribution < -0.4 is 0 Å². The second-order valence-corrected chi connectivity index (χ2v) is 1.30. The minimum absolute atomic E-state index is 0.703. The molecule has 0 radical (unpaired) electrons. The highest BCUT2D eigenvalue weighted by Crippen LogP contribution is 1.96. The van der Waals surface area contributed by atoms with Gasteiger partial charge in [-0.3, -0.25) is 0 Å². The molecule has 0 nitrogen and oxygen atoms in total. The highest BCUT2D eigenvalue weighted by atomic mass is 79.9. The van der Waals surface area contributed by atoms with Crippen molar-refractivity contribution in [1.82, 2.24) is 0 Å². The van der Waals surface area contributed by atoms with Crippen LogP contribution in [0.2, 0.25) is 0 Å². The van der Waals surface area contributed by atoms with Crippen LogP contribution in [0, 0.1) is 0 Å². The first-order chi connectivity index (χ1) is 3.27. The van der Waals surface area contributed by atoms with Gasteiger partial charge in [0.25, 0.3) is 6.08 Å². The highest BCUT2D eigenvalue weighted by molar-refractivity contribution is 9.11. The van der Waals surface area contributed by atoms with Gasteiger partial charge in [-0.15, -0.1) is 0 Å². The van der Waals surface area contributed by atoms with Crippen LogP contribution in [0.1, 0.15) is 0 Å². The smallest absolute Gasteiger partial charge is 0.173 e. The monoisotopic (exact) mass is 168 g/mol. The van der Waals surface area contributed by atoms with Crippen molar-refractivity contribution in [2.75, 3.05) is 0 Å². The van der Waals surface area contributed by atoms with E-state index in [0.717, 1.165) is 0 Å². The van der Waals surface area contributed by atoms with Crippen LogP contribution in [0.15, 0.2) is 23.2 Å². The van der Waals surface area contributed by atoms with Gasteiger partial charge in [-0.2, -0.15) is 8.78 Å². The summed E-state index contributed by atoms with van der Waals surface area (Å²) >= 11 is 2.82. The highest BCUT2D eigenvalue weighted by Gasteiger charge is 1.77. The minimum Gasteiger partial charge on any atom is -0.173 e. The van der Waals surface area contributed by atoms with E-state index in [0.29, 0.717) is 6.08 Å². The summed E-state index contributed by atoms with van der Waals surface area (Å²) in [5, 5.41) is 0. The molecule has 0 aliphatic rings. The zero-order valence-corrected chi connectivity index (χ0v) is 4.95. The van der Waals surface area contributed by atoms with Gasteiger partial charge in [-0.25, -0.2) is 0 Å². The number of allylic oxidation sites excluding steroid dienone is 2. The Kier molecular flexibility index (Phi) is 3.89. The Labute approximate surface area is 48.7 Å². The van der Waals surface area contributed by atoms with Crippen molar-refractivity contribution in [1.29, 1.82) is 0 Å². The first-order valence-corrected chi connectivity index (χ1v) is 2.47. The third kappa shape index (κ3) is 5.82. The molecule has 0 aromatic carbocycles. The summed E-state index contributed by atoms with van der Waals surface area (Å²) < 4.78 is 22.0. The van der Waals surface area contributed by atoms with Crippen LogP contribution in [0.4, 0.5) is 8.78 Å². The fraction of sp³-hybridized carbons (Fsp3) is 0. The summed E-state index contributed by atoms with van der Waals surface area (Å²) in [6.07, 6.45) is 0.222. The van der Waals surface area contributed by atoms with Crippen LogP contribution in [0.5, 0.6) is 0 Å². The van der Waals surface area contributed by atoms with Crippen LogP contribution in [0.25, 0.3) is 0 Å². The van der Waals surface area contributed by atoms with Crippen LogP contribution in [0.3, 0.4) is 0 Å². The molecule has 0 saturated carbocycles. The molecule has 0 saturated heterocycles. The van der Waals surface area contributed by atoms with Gasteiger partial charge in [-0.05, 0) is 11.1 Å². The van der Waals surface area contributed by atoms with E-state index in [1.165, 1.54) is 11.1 Å². The molecule has 0 aromatic rings. The number of halogens is 3. The van der Waals surface area contributed by atoms with Crippen LogP contribution in [-0.2, 0) is 0 Å². The average Bonchev–Trinajstić information content (AvgIpc) is 1.61. The molecule has 0 rings (SSSR count). The van der Waals surface area contributed by atoms with Crippen LogP contribution in [-0.4, -0.2) is 0 Å². The molecule has 0 aliphatic heterocycles. The zero-order chi connectivity index (χ0) is 5.70. The number of hydrogen-bond donors (Lipinski definition) is 0. The molecule has 0 fully saturated rings. The van der Waals surface area contributed by atoms with Crippen molar-refractivity contribution in [2.24, 2.45) is 0 Å². The van der Waals surface area contributed by atoms with Crippen molar-refractivity contribution in [2.45, 2.75) is 0 Å². The van der Waals surface area contributed by atoms with Crippen molar-refractivity contribution in [3.05, 3.63) is 23.2 Å².